The van der Waals surface area contributed by atoms with E-state index in [0.717, 1.165) is 90.0 Å². The predicted molar refractivity (Wildman–Crippen MR) is 215 cm³/mol. The fourth-order valence-electron chi connectivity index (χ4n) is 5.71. The molecule has 1 amide bonds. The van der Waals surface area contributed by atoms with Gasteiger partial charge >= 0.3 is 5.97 Å². The third-order valence-electron chi connectivity index (χ3n) is 8.92. The number of esters is 1. The second-order valence-electron chi connectivity index (χ2n) is 13.8. The molecule has 3 N–H and O–H groups in total. The second kappa shape index (κ2) is 41.2. The van der Waals surface area contributed by atoms with Gasteiger partial charge in [-0.15, -0.1) is 0 Å². The third kappa shape index (κ3) is 37.1. The van der Waals surface area contributed by atoms with Gasteiger partial charge in [0.15, 0.2) is 0 Å². The number of nitrogens with one attached hydrogen (secondary N) is 2. The summed E-state index contributed by atoms with van der Waals surface area (Å²) in [6.45, 7) is 6.21. The van der Waals surface area contributed by atoms with Gasteiger partial charge in [-0.2, -0.15) is 0 Å². The smallest absolute Gasteiger partial charge is 0.329 e. The van der Waals surface area contributed by atoms with Gasteiger partial charge in [0.1, 0.15) is 6.04 Å². The summed E-state index contributed by atoms with van der Waals surface area (Å²) in [4.78, 5) is 25.6. The molecule has 0 spiro atoms. The van der Waals surface area contributed by atoms with Crippen LogP contribution in [0.15, 0.2) is 48.6 Å². The van der Waals surface area contributed by atoms with Gasteiger partial charge in [0.25, 0.3) is 0 Å². The van der Waals surface area contributed by atoms with Crippen LogP contribution in [0.3, 0.4) is 0 Å². The molecule has 1 unspecified atom stereocenters. The van der Waals surface area contributed by atoms with Crippen molar-refractivity contribution < 1.29 is 19.4 Å². The van der Waals surface area contributed by atoms with E-state index in [-0.39, 0.29) is 18.5 Å². The lowest BCUT2D eigenvalue weighted by molar-refractivity contribution is -0.147. The summed E-state index contributed by atoms with van der Waals surface area (Å²) in [6, 6.07) is -0.664. The Morgan fingerprint density at radius 3 is 1.54 bits per heavy atom. The van der Waals surface area contributed by atoms with Crippen LogP contribution in [0.4, 0.5) is 0 Å². The summed E-state index contributed by atoms with van der Waals surface area (Å²) >= 11 is 0. The predicted octanol–water partition coefficient (Wildman–Crippen LogP) is 11.4. The van der Waals surface area contributed by atoms with Crippen LogP contribution in [0, 0.1) is 0 Å². The number of ether oxygens (including phenoxy) is 1. The number of aliphatic hydroxyl groups is 1. The van der Waals surface area contributed by atoms with Crippen LogP contribution in [-0.2, 0) is 14.3 Å². The van der Waals surface area contributed by atoms with Gasteiger partial charge in [0.05, 0.1) is 6.61 Å². The fraction of sp³-hybridized carbons (Fsp3) is 0.773. The minimum absolute atomic E-state index is 0.0755. The summed E-state index contributed by atoms with van der Waals surface area (Å²) in [5.74, 6) is -0.419. The zero-order valence-electron chi connectivity index (χ0n) is 32.8. The van der Waals surface area contributed by atoms with Gasteiger partial charge in [0.2, 0.25) is 5.91 Å². The number of carbonyl (C=O) groups excluding carboxylic acids is 2. The van der Waals surface area contributed by atoms with Crippen molar-refractivity contribution in [3.63, 3.8) is 0 Å². The number of amides is 1. The maximum absolute atomic E-state index is 12.9. The Labute approximate surface area is 309 Å². The number of hydrogen-bond donors (Lipinski definition) is 3. The normalized spacial score (nSPS) is 12.6. The highest BCUT2D eigenvalue weighted by Crippen LogP contribution is 2.10. The molecule has 0 aromatic carbocycles. The summed E-state index contributed by atoms with van der Waals surface area (Å²) in [7, 11) is 0. The Morgan fingerprint density at radius 2 is 1.02 bits per heavy atom. The van der Waals surface area contributed by atoms with Crippen molar-refractivity contribution >= 4 is 11.9 Å². The van der Waals surface area contributed by atoms with Crippen LogP contribution < -0.4 is 10.6 Å². The van der Waals surface area contributed by atoms with Crippen molar-refractivity contribution in [3.8, 4) is 0 Å². The summed E-state index contributed by atoms with van der Waals surface area (Å²) in [6.07, 6.45) is 48.1. The molecule has 0 rings (SSSR count). The van der Waals surface area contributed by atoms with Crippen LogP contribution in [0.5, 0.6) is 0 Å². The van der Waals surface area contributed by atoms with E-state index in [4.69, 9.17) is 9.84 Å². The molecule has 50 heavy (non-hydrogen) atoms. The van der Waals surface area contributed by atoms with Crippen LogP contribution in [-0.4, -0.2) is 49.3 Å². The van der Waals surface area contributed by atoms with Crippen molar-refractivity contribution in [1.29, 1.82) is 0 Å². The molecule has 1 atom stereocenters. The standard InChI is InChI=1S/C44H80N2O4/c1-3-5-7-9-11-13-15-17-19-21-23-25-27-29-31-36-40-50-44(49)42(41-45-38-34-32-35-39-47)46-43(48)37-33-30-28-26-24-22-20-18-16-14-12-10-8-6-4-2/h11-14,17-20,42,45,47H,3-10,15-16,21-41H2,1-2H3,(H,46,48)/b13-11-,14-12-,19-17-,20-18-. The largest absolute Gasteiger partial charge is 0.464 e. The molecule has 0 aliphatic heterocycles. The molecule has 6 nitrogen and oxygen atoms in total. The minimum Gasteiger partial charge on any atom is -0.464 e. The molecule has 0 aliphatic carbocycles. The lowest BCUT2D eigenvalue weighted by Crippen LogP contribution is -2.48. The lowest BCUT2D eigenvalue weighted by Gasteiger charge is -2.18. The number of allylic oxidation sites excluding steroid dienone is 8. The highest BCUT2D eigenvalue weighted by Gasteiger charge is 2.21. The zero-order chi connectivity index (χ0) is 36.4. The maximum Gasteiger partial charge on any atom is 0.329 e. The molecule has 0 aromatic rings. The Hall–Kier alpha value is -2.18. The Kier molecular flexibility index (Phi) is 39.4. The fourth-order valence-corrected chi connectivity index (χ4v) is 5.71. The van der Waals surface area contributed by atoms with E-state index in [1.807, 2.05) is 0 Å². The van der Waals surface area contributed by atoms with Gasteiger partial charge in [-0.05, 0) is 103 Å². The van der Waals surface area contributed by atoms with Crippen LogP contribution in [0.2, 0.25) is 0 Å². The first-order valence-corrected chi connectivity index (χ1v) is 21.0. The minimum atomic E-state index is -0.664. The average Bonchev–Trinajstić information content (AvgIpc) is 3.12. The van der Waals surface area contributed by atoms with Gasteiger partial charge in [0, 0.05) is 19.6 Å². The monoisotopic (exact) mass is 701 g/mol. The van der Waals surface area contributed by atoms with Crippen molar-refractivity contribution in [1.82, 2.24) is 10.6 Å². The number of rotatable bonds is 38. The number of hydrogen-bond acceptors (Lipinski definition) is 5. The van der Waals surface area contributed by atoms with Crippen LogP contribution >= 0.6 is 0 Å². The molecule has 0 aliphatic rings. The molecule has 290 valence electrons. The lowest BCUT2D eigenvalue weighted by atomic mass is 10.1. The summed E-state index contributed by atoms with van der Waals surface area (Å²) in [5.41, 5.74) is 0. The van der Waals surface area contributed by atoms with Crippen molar-refractivity contribution in [3.05, 3.63) is 48.6 Å². The Bertz CT molecular complexity index is 851. The molecule has 0 bridgehead atoms. The summed E-state index contributed by atoms with van der Waals surface area (Å²) in [5, 5.41) is 15.2. The van der Waals surface area contributed by atoms with Crippen molar-refractivity contribution in [2.45, 2.75) is 193 Å². The number of unbranched alkanes of at least 4 members (excludes halogenated alkanes) is 19. The molecule has 0 fully saturated rings. The first kappa shape index (κ1) is 47.8. The van der Waals surface area contributed by atoms with Gasteiger partial charge in [-0.3, -0.25) is 4.79 Å². The number of carbonyl (C=O) groups is 2. The van der Waals surface area contributed by atoms with Gasteiger partial charge in [-0.25, -0.2) is 4.79 Å². The molecule has 0 saturated heterocycles. The first-order valence-electron chi connectivity index (χ1n) is 21.0. The van der Waals surface area contributed by atoms with E-state index < -0.39 is 6.04 Å². The van der Waals surface area contributed by atoms with E-state index in [1.165, 1.54) is 83.5 Å². The van der Waals surface area contributed by atoms with E-state index in [0.29, 0.717) is 19.6 Å². The Balaban J connectivity index is 4.11. The Morgan fingerprint density at radius 1 is 0.560 bits per heavy atom. The average molecular weight is 701 g/mol. The first-order chi connectivity index (χ1) is 24.7. The molecule has 0 radical (unpaired) electrons. The molecular formula is C44H80N2O4. The van der Waals surface area contributed by atoms with E-state index in [9.17, 15) is 9.59 Å². The molecule has 0 aromatic heterocycles. The van der Waals surface area contributed by atoms with Crippen LogP contribution in [0.25, 0.3) is 0 Å². The van der Waals surface area contributed by atoms with Crippen molar-refractivity contribution in [2.75, 3.05) is 26.3 Å². The highest BCUT2D eigenvalue weighted by atomic mass is 16.5. The van der Waals surface area contributed by atoms with E-state index in [1.54, 1.807) is 0 Å². The SMILES string of the molecule is CCCCC/C=C\C/C=C\CCCCCCCCOC(=O)C(CNCCCCCO)NC(=O)CCCCCCC/C=C\C/C=C\CCCCC. The maximum atomic E-state index is 12.9. The second-order valence-corrected chi connectivity index (χ2v) is 13.8. The van der Waals surface area contributed by atoms with E-state index in [2.05, 4.69) is 73.1 Å². The zero-order valence-corrected chi connectivity index (χ0v) is 32.8. The molecular weight excluding hydrogens is 620 g/mol. The number of aliphatic hydroxyl groups excluding tert-OH is 1. The quantitative estimate of drug-likeness (QED) is 0.0339. The molecule has 0 saturated carbocycles. The van der Waals surface area contributed by atoms with Gasteiger partial charge in [-0.1, -0.05) is 133 Å². The van der Waals surface area contributed by atoms with Gasteiger partial charge < -0.3 is 20.5 Å². The van der Waals surface area contributed by atoms with Crippen LogP contribution in [0.1, 0.15) is 187 Å². The molecule has 0 heterocycles. The summed E-state index contributed by atoms with van der Waals surface area (Å²) < 4.78 is 5.60. The van der Waals surface area contributed by atoms with E-state index >= 15 is 0 Å². The molecule has 6 heteroatoms. The van der Waals surface area contributed by atoms with Crippen molar-refractivity contribution in [2.24, 2.45) is 0 Å². The highest BCUT2D eigenvalue weighted by molar-refractivity contribution is 5.84. The topological polar surface area (TPSA) is 87.7 Å². The third-order valence-corrected chi connectivity index (χ3v) is 8.92.